The first kappa shape index (κ1) is 18.5. The van der Waals surface area contributed by atoms with Gasteiger partial charge in [0.05, 0.1) is 10.7 Å². The van der Waals surface area contributed by atoms with Crippen LogP contribution in [0, 0.1) is 0 Å². The van der Waals surface area contributed by atoms with Crippen LogP contribution in [0.2, 0.25) is 5.02 Å². The van der Waals surface area contributed by atoms with E-state index in [-0.39, 0.29) is 12.5 Å². The Kier molecular flexibility index (Phi) is 6.30. The minimum Gasteiger partial charge on any atom is -0.452 e. The predicted molar refractivity (Wildman–Crippen MR) is 105 cm³/mol. The van der Waals surface area contributed by atoms with Gasteiger partial charge in [0.15, 0.2) is 6.61 Å². The smallest absolute Gasteiger partial charge is 0.331 e. The SMILES string of the molecule is O=C(/C=C/c1cccs1)OCC(=O)N1CCN(c2ccccc2Cl)CC1. The van der Waals surface area contributed by atoms with Gasteiger partial charge in [0.25, 0.3) is 5.91 Å². The van der Waals surface area contributed by atoms with Crippen molar-refractivity contribution < 1.29 is 14.3 Å². The van der Waals surface area contributed by atoms with Crippen molar-refractivity contribution in [2.45, 2.75) is 0 Å². The molecule has 0 saturated carbocycles. The van der Waals surface area contributed by atoms with Crippen LogP contribution in [0.25, 0.3) is 6.08 Å². The molecule has 1 aliphatic rings. The Morgan fingerprint density at radius 1 is 1.12 bits per heavy atom. The lowest BCUT2D eigenvalue weighted by atomic mass is 10.2. The Labute approximate surface area is 161 Å². The maximum absolute atomic E-state index is 12.2. The normalized spacial score (nSPS) is 14.7. The summed E-state index contributed by atoms with van der Waals surface area (Å²) in [4.78, 5) is 28.8. The molecule has 1 saturated heterocycles. The molecule has 5 nitrogen and oxygen atoms in total. The molecule has 0 atom stereocenters. The number of carbonyl (C=O) groups is 2. The number of rotatable bonds is 5. The standard InChI is InChI=1S/C19H19ClN2O3S/c20-16-5-1-2-6-17(16)21-9-11-22(12-10-21)18(23)14-25-19(24)8-7-15-4-3-13-26-15/h1-8,13H,9-12,14H2/b8-7+. The third kappa shape index (κ3) is 4.86. The summed E-state index contributed by atoms with van der Waals surface area (Å²) in [7, 11) is 0. The second-order valence-electron chi connectivity index (χ2n) is 5.78. The van der Waals surface area contributed by atoms with Gasteiger partial charge in [0.1, 0.15) is 0 Å². The molecule has 7 heteroatoms. The lowest BCUT2D eigenvalue weighted by molar-refractivity contribution is -0.148. The number of para-hydroxylation sites is 1. The van der Waals surface area contributed by atoms with Crippen molar-refractivity contribution in [2.24, 2.45) is 0 Å². The number of halogens is 1. The largest absolute Gasteiger partial charge is 0.452 e. The third-order valence-corrected chi connectivity index (χ3v) is 5.25. The van der Waals surface area contributed by atoms with E-state index in [9.17, 15) is 9.59 Å². The van der Waals surface area contributed by atoms with Crippen molar-refractivity contribution in [3.8, 4) is 0 Å². The molecule has 26 heavy (non-hydrogen) atoms. The number of esters is 1. The molecule has 2 aromatic rings. The van der Waals surface area contributed by atoms with E-state index in [2.05, 4.69) is 4.90 Å². The zero-order chi connectivity index (χ0) is 18.4. The first-order valence-electron chi connectivity index (χ1n) is 8.29. The lowest BCUT2D eigenvalue weighted by Crippen LogP contribution is -2.50. The maximum Gasteiger partial charge on any atom is 0.331 e. The predicted octanol–water partition coefficient (Wildman–Crippen LogP) is 3.31. The average molecular weight is 391 g/mol. The zero-order valence-corrected chi connectivity index (χ0v) is 15.7. The summed E-state index contributed by atoms with van der Waals surface area (Å²) in [5, 5.41) is 2.63. The molecular weight excluding hydrogens is 372 g/mol. The fourth-order valence-electron chi connectivity index (χ4n) is 2.71. The molecule has 3 rings (SSSR count). The number of piperazine rings is 1. The van der Waals surface area contributed by atoms with Crippen molar-refractivity contribution >= 4 is 46.6 Å². The number of hydrogen-bond acceptors (Lipinski definition) is 5. The summed E-state index contributed by atoms with van der Waals surface area (Å²) in [6.07, 6.45) is 3.02. The molecule has 1 fully saturated rings. The second kappa shape index (κ2) is 8.87. The number of carbonyl (C=O) groups excluding carboxylic acids is 2. The number of hydrogen-bond donors (Lipinski definition) is 0. The Balaban J connectivity index is 1.44. The van der Waals surface area contributed by atoms with E-state index in [0.29, 0.717) is 31.2 Å². The molecule has 0 spiro atoms. The molecule has 1 aliphatic heterocycles. The van der Waals surface area contributed by atoms with Gasteiger partial charge in [0.2, 0.25) is 0 Å². The van der Waals surface area contributed by atoms with Gasteiger partial charge in [-0.3, -0.25) is 4.79 Å². The van der Waals surface area contributed by atoms with Crippen LogP contribution in [-0.4, -0.2) is 49.6 Å². The topological polar surface area (TPSA) is 49.9 Å². The molecule has 136 valence electrons. The molecular formula is C19H19ClN2O3S. The Hall–Kier alpha value is -2.31. The van der Waals surface area contributed by atoms with E-state index in [0.717, 1.165) is 10.6 Å². The van der Waals surface area contributed by atoms with Gasteiger partial charge in [-0.25, -0.2) is 4.79 Å². The second-order valence-corrected chi connectivity index (χ2v) is 7.16. The van der Waals surface area contributed by atoms with Crippen LogP contribution in [0.4, 0.5) is 5.69 Å². The summed E-state index contributed by atoms with van der Waals surface area (Å²) in [5.74, 6) is -0.692. The average Bonchev–Trinajstić information content (AvgIpc) is 3.18. The zero-order valence-electron chi connectivity index (χ0n) is 14.1. The molecule has 0 N–H and O–H groups in total. The Bertz CT molecular complexity index is 784. The van der Waals surface area contributed by atoms with Gasteiger partial charge in [-0.05, 0) is 29.7 Å². The van der Waals surface area contributed by atoms with Crippen molar-refractivity contribution in [3.63, 3.8) is 0 Å². The summed E-state index contributed by atoms with van der Waals surface area (Å²) in [5.41, 5.74) is 0.978. The van der Waals surface area contributed by atoms with Gasteiger partial charge < -0.3 is 14.5 Å². The first-order valence-corrected chi connectivity index (χ1v) is 9.55. The highest BCUT2D eigenvalue weighted by Gasteiger charge is 2.22. The van der Waals surface area contributed by atoms with Gasteiger partial charge in [0, 0.05) is 37.1 Å². The molecule has 1 aromatic carbocycles. The van der Waals surface area contributed by atoms with E-state index in [1.807, 2.05) is 41.8 Å². The van der Waals surface area contributed by atoms with Crippen molar-refractivity contribution in [1.82, 2.24) is 4.90 Å². The lowest BCUT2D eigenvalue weighted by Gasteiger charge is -2.36. The summed E-state index contributed by atoms with van der Waals surface area (Å²) >= 11 is 7.75. The van der Waals surface area contributed by atoms with Crippen LogP contribution in [0.1, 0.15) is 4.88 Å². The summed E-state index contributed by atoms with van der Waals surface area (Å²) in [6.45, 7) is 2.31. The fourth-order valence-corrected chi connectivity index (χ4v) is 3.59. The summed E-state index contributed by atoms with van der Waals surface area (Å²) < 4.78 is 5.04. The van der Waals surface area contributed by atoms with E-state index >= 15 is 0 Å². The van der Waals surface area contributed by atoms with Crippen LogP contribution in [-0.2, 0) is 14.3 Å². The third-order valence-electron chi connectivity index (χ3n) is 4.09. The van der Waals surface area contributed by atoms with Crippen molar-refractivity contribution in [2.75, 3.05) is 37.7 Å². The van der Waals surface area contributed by atoms with E-state index < -0.39 is 5.97 Å². The van der Waals surface area contributed by atoms with Crippen molar-refractivity contribution in [1.29, 1.82) is 0 Å². The Morgan fingerprint density at radius 2 is 1.88 bits per heavy atom. The molecule has 0 bridgehead atoms. The number of benzene rings is 1. The van der Waals surface area contributed by atoms with Gasteiger partial charge in [-0.1, -0.05) is 29.8 Å². The number of anilines is 1. The molecule has 2 heterocycles. The highest BCUT2D eigenvalue weighted by Crippen LogP contribution is 2.26. The molecule has 0 radical (unpaired) electrons. The van der Waals surface area contributed by atoms with Crippen LogP contribution in [0.5, 0.6) is 0 Å². The monoisotopic (exact) mass is 390 g/mol. The van der Waals surface area contributed by atoms with Crippen LogP contribution < -0.4 is 4.90 Å². The van der Waals surface area contributed by atoms with E-state index in [1.165, 1.54) is 17.4 Å². The highest BCUT2D eigenvalue weighted by atomic mass is 35.5. The summed E-state index contributed by atoms with van der Waals surface area (Å²) in [6, 6.07) is 11.5. The minimum absolute atomic E-state index is 0.179. The number of amides is 1. The van der Waals surface area contributed by atoms with Crippen LogP contribution in [0.15, 0.2) is 47.9 Å². The molecule has 1 amide bonds. The van der Waals surface area contributed by atoms with E-state index in [4.69, 9.17) is 16.3 Å². The minimum atomic E-state index is -0.513. The highest BCUT2D eigenvalue weighted by molar-refractivity contribution is 7.10. The molecule has 0 aliphatic carbocycles. The van der Waals surface area contributed by atoms with Crippen LogP contribution in [0.3, 0.4) is 0 Å². The van der Waals surface area contributed by atoms with E-state index in [1.54, 1.807) is 11.0 Å². The van der Waals surface area contributed by atoms with Gasteiger partial charge in [-0.15, -0.1) is 11.3 Å². The molecule has 1 aromatic heterocycles. The van der Waals surface area contributed by atoms with Crippen LogP contribution >= 0.6 is 22.9 Å². The number of thiophene rings is 1. The molecule has 0 unspecified atom stereocenters. The quantitative estimate of drug-likeness (QED) is 0.580. The fraction of sp³-hybridized carbons (Fsp3) is 0.263. The van der Waals surface area contributed by atoms with Gasteiger partial charge >= 0.3 is 5.97 Å². The van der Waals surface area contributed by atoms with Gasteiger partial charge in [-0.2, -0.15) is 0 Å². The maximum atomic E-state index is 12.2. The Morgan fingerprint density at radius 3 is 2.58 bits per heavy atom. The first-order chi connectivity index (χ1) is 12.6. The van der Waals surface area contributed by atoms with Crippen molar-refractivity contribution in [3.05, 3.63) is 57.8 Å². The number of ether oxygens (including phenoxy) is 1. The number of nitrogens with zero attached hydrogens (tertiary/aromatic N) is 2.